The summed E-state index contributed by atoms with van der Waals surface area (Å²) in [7, 11) is 0. The zero-order chi connectivity index (χ0) is 20.4. The summed E-state index contributed by atoms with van der Waals surface area (Å²) >= 11 is 0. The third kappa shape index (κ3) is 3.63. The molecule has 4 nitrogen and oxygen atoms in total. The van der Waals surface area contributed by atoms with Crippen LogP contribution in [0.2, 0.25) is 0 Å². The Labute approximate surface area is 182 Å². The number of hydrogen-bond acceptors (Lipinski definition) is 4. The van der Waals surface area contributed by atoms with Crippen molar-refractivity contribution < 1.29 is 9.53 Å². The molecule has 5 aliphatic rings. The van der Waals surface area contributed by atoms with Gasteiger partial charge >= 0.3 is 0 Å². The molecule has 1 saturated carbocycles. The fourth-order valence-electron chi connectivity index (χ4n) is 7.49. The fourth-order valence-corrected chi connectivity index (χ4v) is 7.49. The Hall–Kier alpha value is -0.970. The first kappa shape index (κ1) is 20.9. The lowest BCUT2D eigenvalue weighted by Crippen LogP contribution is -2.69. The van der Waals surface area contributed by atoms with Gasteiger partial charge in [-0.05, 0) is 96.2 Å². The number of epoxide rings is 1. The number of aldehydes is 1. The predicted octanol–water partition coefficient (Wildman–Crippen LogP) is 4.26. The van der Waals surface area contributed by atoms with E-state index in [1.807, 2.05) is 0 Å². The number of ether oxygens (including phenoxy) is 1. The number of nitrogens with one attached hydrogen (secondary N) is 1. The Balaban J connectivity index is 1.56. The first-order chi connectivity index (χ1) is 14.8. The topological polar surface area (TPSA) is 44.9 Å². The van der Waals surface area contributed by atoms with Gasteiger partial charge in [0.2, 0.25) is 0 Å². The van der Waals surface area contributed by atoms with E-state index in [4.69, 9.17) is 4.74 Å². The first-order valence-electron chi connectivity index (χ1n) is 12.7. The van der Waals surface area contributed by atoms with Crippen LogP contribution in [0.4, 0.5) is 0 Å². The Morgan fingerprint density at radius 3 is 2.53 bits per heavy atom. The lowest BCUT2D eigenvalue weighted by molar-refractivity contribution is -0.123. The Morgan fingerprint density at radius 2 is 1.70 bits per heavy atom. The molecule has 3 fully saturated rings. The van der Waals surface area contributed by atoms with E-state index in [0.717, 1.165) is 45.3 Å². The lowest BCUT2D eigenvalue weighted by atomic mass is 9.51. The highest BCUT2D eigenvalue weighted by atomic mass is 16.6. The predicted molar refractivity (Wildman–Crippen MR) is 120 cm³/mol. The fraction of sp³-hybridized carbons (Fsp3) is 0.808. The van der Waals surface area contributed by atoms with Gasteiger partial charge in [-0.25, -0.2) is 0 Å². The van der Waals surface area contributed by atoms with Crippen LogP contribution in [0.5, 0.6) is 0 Å². The summed E-state index contributed by atoms with van der Waals surface area (Å²) in [5.41, 5.74) is 0.00449. The molecule has 166 valence electrons. The molecule has 0 aromatic carbocycles. The number of piperidine rings is 1. The molecule has 3 bridgehead atoms. The summed E-state index contributed by atoms with van der Waals surface area (Å²) in [6.45, 7) is 4.56. The zero-order valence-corrected chi connectivity index (χ0v) is 18.6. The SMILES string of the molecule is O=C[C@H]1[C@@H]2CCN3CCCCC=CCC[C@@]4(O[C@@H]14)[C@@H]1NCCCCC=CCC[C@@]12C3. The molecule has 1 N–H and O–H groups in total. The minimum absolute atomic E-state index is 0.0772. The summed E-state index contributed by atoms with van der Waals surface area (Å²) in [5, 5.41) is 4.07. The average Bonchev–Trinajstić information content (AvgIpc) is 3.48. The van der Waals surface area contributed by atoms with E-state index in [2.05, 4.69) is 34.5 Å². The van der Waals surface area contributed by atoms with Crippen molar-refractivity contribution in [2.24, 2.45) is 17.3 Å². The maximum absolute atomic E-state index is 12.4. The van der Waals surface area contributed by atoms with Crippen molar-refractivity contribution in [2.75, 3.05) is 26.2 Å². The molecule has 5 rings (SSSR count). The van der Waals surface area contributed by atoms with E-state index in [9.17, 15) is 4.79 Å². The third-order valence-electron chi connectivity index (χ3n) is 8.87. The second-order valence-corrected chi connectivity index (χ2v) is 10.5. The van der Waals surface area contributed by atoms with Crippen molar-refractivity contribution in [3.05, 3.63) is 24.3 Å². The minimum atomic E-state index is -0.138. The van der Waals surface area contributed by atoms with Crippen LogP contribution >= 0.6 is 0 Å². The molecular formula is C26H40N2O2. The van der Waals surface area contributed by atoms with Gasteiger partial charge in [0.05, 0.1) is 6.10 Å². The van der Waals surface area contributed by atoms with Crippen LogP contribution in [-0.4, -0.2) is 55.1 Å². The number of nitrogens with zero attached hydrogens (tertiary/aromatic N) is 1. The first-order valence-corrected chi connectivity index (χ1v) is 12.7. The highest BCUT2D eigenvalue weighted by Gasteiger charge is 2.75. The van der Waals surface area contributed by atoms with Gasteiger partial charge in [0.1, 0.15) is 11.9 Å². The summed E-state index contributed by atoms with van der Waals surface area (Å²) in [5.74, 6) is 0.535. The van der Waals surface area contributed by atoms with Crippen LogP contribution in [0.25, 0.3) is 0 Å². The maximum Gasteiger partial charge on any atom is 0.126 e. The van der Waals surface area contributed by atoms with Crippen molar-refractivity contribution in [1.82, 2.24) is 10.2 Å². The van der Waals surface area contributed by atoms with Crippen molar-refractivity contribution in [1.29, 1.82) is 0 Å². The van der Waals surface area contributed by atoms with E-state index < -0.39 is 0 Å². The normalized spacial score (nSPS) is 46.9. The second kappa shape index (κ2) is 8.88. The molecule has 30 heavy (non-hydrogen) atoms. The van der Waals surface area contributed by atoms with Crippen LogP contribution in [0.1, 0.15) is 70.6 Å². The Morgan fingerprint density at radius 1 is 0.933 bits per heavy atom. The maximum atomic E-state index is 12.4. The number of fused-ring (bicyclic) bond motifs is 1. The number of allylic oxidation sites excluding steroid dienone is 4. The van der Waals surface area contributed by atoms with Gasteiger partial charge in [-0.2, -0.15) is 0 Å². The Bertz CT molecular complexity index is 676. The summed E-state index contributed by atoms with van der Waals surface area (Å²) < 4.78 is 6.63. The summed E-state index contributed by atoms with van der Waals surface area (Å²) in [6.07, 6.45) is 24.0. The summed E-state index contributed by atoms with van der Waals surface area (Å²) in [6, 6.07) is 0.375. The van der Waals surface area contributed by atoms with E-state index in [1.165, 1.54) is 57.8 Å². The molecule has 2 saturated heterocycles. The molecule has 4 heteroatoms. The summed E-state index contributed by atoms with van der Waals surface area (Å²) in [4.78, 5) is 15.1. The van der Waals surface area contributed by atoms with Crippen LogP contribution in [-0.2, 0) is 9.53 Å². The van der Waals surface area contributed by atoms with Crippen molar-refractivity contribution in [3.8, 4) is 0 Å². The molecule has 4 aliphatic heterocycles. The quantitative estimate of drug-likeness (QED) is 0.397. The van der Waals surface area contributed by atoms with Gasteiger partial charge < -0.3 is 19.7 Å². The van der Waals surface area contributed by atoms with Gasteiger partial charge in [0.25, 0.3) is 0 Å². The molecule has 2 spiro atoms. The second-order valence-electron chi connectivity index (χ2n) is 10.5. The number of carbonyl (C=O) groups excluding carboxylic acids is 1. The van der Waals surface area contributed by atoms with E-state index in [1.54, 1.807) is 0 Å². The standard InChI is InChI=1S/C26H40N2O2/c29-19-21-22-13-18-28-17-12-8-4-2-6-10-15-26(23(21)30-26)24-25(22,20-28)14-9-5-1-3-7-11-16-27-24/h1-2,5-6,19,21-24,27H,3-4,7-18,20H2/t21-,22-,23-,24+,25-,26-/m0/s1. The highest BCUT2D eigenvalue weighted by Crippen LogP contribution is 2.64. The number of rotatable bonds is 1. The van der Waals surface area contributed by atoms with Crippen LogP contribution in [0.15, 0.2) is 24.3 Å². The molecule has 0 aromatic rings. The average molecular weight is 413 g/mol. The van der Waals surface area contributed by atoms with Crippen LogP contribution in [0.3, 0.4) is 0 Å². The molecule has 0 amide bonds. The minimum Gasteiger partial charge on any atom is -0.364 e. The van der Waals surface area contributed by atoms with Crippen molar-refractivity contribution >= 4 is 6.29 Å². The molecule has 4 heterocycles. The molecular weight excluding hydrogens is 372 g/mol. The van der Waals surface area contributed by atoms with Gasteiger partial charge in [-0.15, -0.1) is 0 Å². The van der Waals surface area contributed by atoms with Crippen molar-refractivity contribution in [3.63, 3.8) is 0 Å². The van der Waals surface area contributed by atoms with Gasteiger partial charge in [0, 0.05) is 23.9 Å². The zero-order valence-electron chi connectivity index (χ0n) is 18.6. The van der Waals surface area contributed by atoms with Crippen molar-refractivity contribution in [2.45, 2.75) is 88.4 Å². The van der Waals surface area contributed by atoms with E-state index >= 15 is 0 Å². The van der Waals surface area contributed by atoms with Gasteiger partial charge in [-0.1, -0.05) is 24.3 Å². The van der Waals surface area contributed by atoms with Gasteiger partial charge in [0.15, 0.2) is 0 Å². The molecule has 0 radical (unpaired) electrons. The van der Waals surface area contributed by atoms with Crippen LogP contribution in [0, 0.1) is 17.3 Å². The number of carbonyl (C=O) groups is 1. The van der Waals surface area contributed by atoms with E-state index in [-0.39, 0.29) is 23.0 Å². The van der Waals surface area contributed by atoms with Gasteiger partial charge in [-0.3, -0.25) is 0 Å². The highest BCUT2D eigenvalue weighted by molar-refractivity contribution is 5.59. The molecule has 7 atom stereocenters. The smallest absolute Gasteiger partial charge is 0.126 e. The number of hydrogen-bond donors (Lipinski definition) is 1. The molecule has 1 unspecified atom stereocenters. The largest absolute Gasteiger partial charge is 0.364 e. The molecule has 1 aliphatic carbocycles. The lowest BCUT2D eigenvalue weighted by Gasteiger charge is -2.58. The third-order valence-corrected chi connectivity index (χ3v) is 8.87. The molecule has 0 aromatic heterocycles. The Kier molecular flexibility index (Phi) is 6.19. The van der Waals surface area contributed by atoms with E-state index in [0.29, 0.717) is 12.0 Å². The monoisotopic (exact) mass is 412 g/mol. The van der Waals surface area contributed by atoms with Crippen LogP contribution < -0.4 is 5.32 Å².